The quantitative estimate of drug-likeness (QED) is 0.348. The first-order chi connectivity index (χ1) is 22.4. The molecule has 0 bridgehead atoms. The fraction of sp³-hybridized carbons (Fsp3) is 0.417. The lowest BCUT2D eigenvalue weighted by atomic mass is 9.52. The molecule has 0 spiro atoms. The first-order valence-corrected chi connectivity index (χ1v) is 16.0. The van der Waals surface area contributed by atoms with Crippen LogP contribution < -0.4 is 5.73 Å². The molecule has 4 aliphatic rings. The molecule has 47 heavy (non-hydrogen) atoms. The molecule has 3 fully saturated rings. The largest absolute Gasteiger partial charge is 0.507 e. The monoisotopic (exact) mass is 639 g/mol. The summed E-state index contributed by atoms with van der Waals surface area (Å²) in [6.07, 6.45) is 0.192. The number of aromatic hydroxyl groups is 1. The van der Waals surface area contributed by atoms with E-state index in [-0.39, 0.29) is 24.2 Å². The smallest absolute Gasteiger partial charge is 0.235 e. The van der Waals surface area contributed by atoms with E-state index >= 15 is 0 Å². The van der Waals surface area contributed by atoms with E-state index in [1.807, 2.05) is 24.3 Å². The molecule has 1 saturated heterocycles. The van der Waals surface area contributed by atoms with Gasteiger partial charge in [0.25, 0.3) is 0 Å². The Morgan fingerprint density at radius 2 is 1.66 bits per heavy atom. The van der Waals surface area contributed by atoms with Gasteiger partial charge in [0.1, 0.15) is 5.75 Å². The van der Waals surface area contributed by atoms with E-state index in [9.17, 15) is 34.2 Å². The van der Waals surface area contributed by atoms with Crippen LogP contribution in [0.3, 0.4) is 0 Å². The van der Waals surface area contributed by atoms with Gasteiger partial charge in [-0.1, -0.05) is 42.5 Å². The molecule has 1 aliphatic heterocycles. The number of ether oxygens (including phenoxy) is 1. The minimum Gasteiger partial charge on any atom is -0.507 e. The Bertz CT molecular complexity index is 1860. The van der Waals surface area contributed by atoms with Gasteiger partial charge in [0, 0.05) is 25.6 Å². The van der Waals surface area contributed by atoms with Crippen LogP contribution in [0.1, 0.15) is 27.9 Å². The summed E-state index contributed by atoms with van der Waals surface area (Å²) >= 11 is 0. The molecule has 1 amide bonds. The molecule has 11 heteroatoms. The second-order valence-corrected chi connectivity index (χ2v) is 13.5. The minimum absolute atomic E-state index is 0.00176. The number of carbonyl (C=O) groups is 5. The number of aliphatic hydroxyl groups is 1. The number of fused-ring (bicyclic) bond motifs is 4. The number of Topliss-reactive ketones (excluding diaryl/α,β-unsaturated/α-hetero) is 4. The van der Waals surface area contributed by atoms with Crippen LogP contribution in [-0.2, 0) is 36.9 Å². The number of nitrogens with two attached hydrogens (primary N) is 1. The van der Waals surface area contributed by atoms with Crippen LogP contribution in [0.5, 0.6) is 5.75 Å². The highest BCUT2D eigenvalue weighted by Crippen LogP contribution is 2.52. The number of rotatable bonds is 5. The highest BCUT2D eigenvalue weighted by Gasteiger charge is 2.69. The van der Waals surface area contributed by atoms with Crippen LogP contribution in [0.15, 0.2) is 48.5 Å². The van der Waals surface area contributed by atoms with E-state index in [0.29, 0.717) is 18.8 Å². The molecule has 0 aromatic heterocycles. The first-order valence-electron chi connectivity index (χ1n) is 16.0. The molecule has 0 radical (unpaired) electrons. The Balaban J connectivity index is 1.33. The van der Waals surface area contributed by atoms with Crippen LogP contribution in [0.2, 0.25) is 0 Å². The Labute approximate surface area is 271 Å². The van der Waals surface area contributed by atoms with E-state index in [4.69, 9.17) is 10.5 Å². The van der Waals surface area contributed by atoms with Gasteiger partial charge < -0.3 is 20.7 Å². The van der Waals surface area contributed by atoms with Crippen molar-refractivity contribution in [2.24, 2.45) is 29.4 Å². The average molecular weight is 640 g/mol. The lowest BCUT2D eigenvalue weighted by Crippen LogP contribution is -2.74. The maximum Gasteiger partial charge on any atom is 0.235 e. The van der Waals surface area contributed by atoms with E-state index < -0.39 is 64.4 Å². The number of carbonyl (C=O) groups excluding carboxylic acids is 5. The van der Waals surface area contributed by atoms with Gasteiger partial charge >= 0.3 is 0 Å². The lowest BCUT2D eigenvalue weighted by molar-refractivity contribution is -0.181. The zero-order valence-corrected chi connectivity index (χ0v) is 26.3. The highest BCUT2D eigenvalue weighted by atomic mass is 16.5. The summed E-state index contributed by atoms with van der Waals surface area (Å²) in [5.74, 6) is -10.6. The number of ketones is 4. The lowest BCUT2D eigenvalue weighted by Gasteiger charge is -2.52. The predicted molar refractivity (Wildman–Crippen MR) is 170 cm³/mol. The summed E-state index contributed by atoms with van der Waals surface area (Å²) < 4.78 is 5.52. The molecule has 3 unspecified atom stereocenters. The zero-order valence-electron chi connectivity index (χ0n) is 26.3. The standard InChI is InChI=1S/C36H37N3O8/c1-38(2)30-25-16-19-15-24-23(22-8-7-18(17-39-11-13-47-14-12-39)20-5-3-4-6-21(20)22)9-10-26(40)28(24)31(41)27(19)33(43)36(25,46)34(44)29(32(30)42)35(37)45/h3-10,19,25,27,29-30,40,46H,11-17H2,1-2H3,(H2,37,45)/t19-,25-,27?,29?,30?,36-/m1/s1. The van der Waals surface area contributed by atoms with Crippen molar-refractivity contribution in [2.45, 2.75) is 31.0 Å². The van der Waals surface area contributed by atoms with Gasteiger partial charge in [-0.15, -0.1) is 0 Å². The van der Waals surface area contributed by atoms with Crippen molar-refractivity contribution in [3.8, 4) is 16.9 Å². The number of nitrogens with zero attached hydrogens (tertiary/aromatic N) is 2. The molecule has 7 rings (SSSR count). The third kappa shape index (κ3) is 4.67. The maximum absolute atomic E-state index is 14.2. The molecule has 4 N–H and O–H groups in total. The van der Waals surface area contributed by atoms with Crippen molar-refractivity contribution in [2.75, 3.05) is 40.4 Å². The molecular weight excluding hydrogens is 602 g/mol. The van der Waals surface area contributed by atoms with Gasteiger partial charge in [-0.2, -0.15) is 0 Å². The highest BCUT2D eigenvalue weighted by molar-refractivity contribution is 6.32. The van der Waals surface area contributed by atoms with E-state index in [1.165, 1.54) is 11.0 Å². The summed E-state index contributed by atoms with van der Waals surface area (Å²) in [5, 5.41) is 24.9. The Hall–Kier alpha value is -4.29. The maximum atomic E-state index is 14.2. The van der Waals surface area contributed by atoms with Crippen molar-refractivity contribution in [3.05, 3.63) is 65.2 Å². The van der Waals surface area contributed by atoms with Gasteiger partial charge in [0.15, 0.2) is 34.7 Å². The molecule has 1 heterocycles. The molecule has 244 valence electrons. The van der Waals surface area contributed by atoms with Crippen LogP contribution in [0.25, 0.3) is 21.9 Å². The second kappa shape index (κ2) is 11.4. The number of phenols is 1. The number of phenolic OH excluding ortho intramolecular Hbond substituents is 1. The van der Waals surface area contributed by atoms with Gasteiger partial charge in [-0.3, -0.25) is 33.8 Å². The van der Waals surface area contributed by atoms with E-state index in [2.05, 4.69) is 17.0 Å². The van der Waals surface area contributed by atoms with Crippen LogP contribution in [-0.4, -0.2) is 101 Å². The van der Waals surface area contributed by atoms with Gasteiger partial charge in [-0.25, -0.2) is 0 Å². The number of benzene rings is 3. The number of morpholine rings is 1. The Kier molecular flexibility index (Phi) is 7.63. The van der Waals surface area contributed by atoms with E-state index in [1.54, 1.807) is 20.2 Å². The summed E-state index contributed by atoms with van der Waals surface area (Å²) in [6, 6.07) is 14.2. The third-order valence-electron chi connectivity index (χ3n) is 10.7. The molecule has 3 aromatic carbocycles. The number of primary amides is 1. The van der Waals surface area contributed by atoms with E-state index in [0.717, 1.165) is 47.1 Å². The molecule has 3 aromatic rings. The SMILES string of the molecule is CN(C)C1C(=O)C(C(N)=O)C(=O)[C@]2(O)C(=O)C3C(=O)c4c(O)ccc(-c5ccc(CN6CCOCC6)c6ccccc56)c4C[C@@H]3C[C@H]12. The number of hydrogen-bond acceptors (Lipinski definition) is 10. The minimum atomic E-state index is -2.75. The topological polar surface area (TPSA) is 168 Å². The van der Waals surface area contributed by atoms with Crippen LogP contribution in [0, 0.1) is 23.7 Å². The van der Waals surface area contributed by atoms with Gasteiger partial charge in [-0.05, 0) is 71.9 Å². The number of likely N-dealkylation sites (N-methyl/N-ethyl adjacent to an activating group) is 1. The molecule has 6 atom stereocenters. The average Bonchev–Trinajstić information content (AvgIpc) is 3.03. The molecule has 3 aliphatic carbocycles. The molecular formula is C36H37N3O8. The normalized spacial score (nSPS) is 29.5. The predicted octanol–water partition coefficient (Wildman–Crippen LogP) is 1.52. The van der Waals surface area contributed by atoms with Gasteiger partial charge in [0.2, 0.25) is 5.91 Å². The second-order valence-electron chi connectivity index (χ2n) is 13.5. The zero-order chi connectivity index (χ0) is 33.4. The third-order valence-corrected chi connectivity index (χ3v) is 10.7. The Morgan fingerprint density at radius 3 is 2.34 bits per heavy atom. The fourth-order valence-corrected chi connectivity index (χ4v) is 8.59. The molecule has 11 nitrogen and oxygen atoms in total. The van der Waals surface area contributed by atoms with Crippen molar-refractivity contribution >= 4 is 39.8 Å². The first kappa shape index (κ1) is 31.3. The number of amides is 1. The summed E-state index contributed by atoms with van der Waals surface area (Å²) in [4.78, 5) is 71.4. The van der Waals surface area contributed by atoms with Crippen molar-refractivity contribution in [1.82, 2.24) is 9.80 Å². The van der Waals surface area contributed by atoms with Crippen LogP contribution >= 0.6 is 0 Å². The summed E-state index contributed by atoms with van der Waals surface area (Å²) in [7, 11) is 3.14. The summed E-state index contributed by atoms with van der Waals surface area (Å²) in [5.41, 5.74) is 5.98. The van der Waals surface area contributed by atoms with Crippen molar-refractivity contribution in [1.29, 1.82) is 0 Å². The Morgan fingerprint density at radius 1 is 0.979 bits per heavy atom. The fourth-order valence-electron chi connectivity index (χ4n) is 8.59. The van der Waals surface area contributed by atoms with Crippen molar-refractivity contribution in [3.63, 3.8) is 0 Å². The molecule has 2 saturated carbocycles. The van der Waals surface area contributed by atoms with Gasteiger partial charge in [0.05, 0.1) is 30.7 Å². The number of hydrogen-bond donors (Lipinski definition) is 3. The van der Waals surface area contributed by atoms with Crippen LogP contribution in [0.4, 0.5) is 0 Å². The summed E-state index contributed by atoms with van der Waals surface area (Å²) in [6.45, 7) is 3.83. The van der Waals surface area contributed by atoms with Crippen molar-refractivity contribution < 1.29 is 38.9 Å².